The molecule has 30 heavy (non-hydrogen) atoms. The molecule has 0 bridgehead atoms. The lowest BCUT2D eigenvalue weighted by Gasteiger charge is -2.05. The van der Waals surface area contributed by atoms with Crippen molar-refractivity contribution in [3.8, 4) is 5.75 Å². The van der Waals surface area contributed by atoms with E-state index in [-0.39, 0.29) is 17.6 Å². The maximum Gasteiger partial charge on any atom is 0.338 e. The van der Waals surface area contributed by atoms with Crippen molar-refractivity contribution in [2.24, 2.45) is 0 Å². The van der Waals surface area contributed by atoms with Crippen LogP contribution < -0.4 is 10.1 Å². The average molecular weight is 426 g/mol. The van der Waals surface area contributed by atoms with Crippen molar-refractivity contribution in [1.29, 1.82) is 0 Å². The molecule has 2 N–H and O–H groups in total. The van der Waals surface area contributed by atoms with Crippen molar-refractivity contribution in [2.45, 2.75) is 18.5 Å². The number of H-pyrrole nitrogens is 1. The summed E-state index contributed by atoms with van der Waals surface area (Å²) in [6.45, 7) is 2.07. The molecule has 0 saturated carbocycles. The molecule has 3 aromatic rings. The molecule has 9 heteroatoms. The van der Waals surface area contributed by atoms with Crippen molar-refractivity contribution in [3.63, 3.8) is 0 Å². The fourth-order valence-corrected chi connectivity index (χ4v) is 3.21. The first kappa shape index (κ1) is 21.4. The van der Waals surface area contributed by atoms with Gasteiger partial charge in [0, 0.05) is 12.1 Å². The van der Waals surface area contributed by atoms with Crippen LogP contribution >= 0.6 is 11.8 Å². The Balaban J connectivity index is 1.47. The molecule has 0 spiro atoms. The van der Waals surface area contributed by atoms with Crippen LogP contribution in [0.3, 0.4) is 0 Å². The zero-order valence-electron chi connectivity index (χ0n) is 16.7. The lowest BCUT2D eigenvalue weighted by Crippen LogP contribution is -2.14. The Bertz CT molecular complexity index is 987. The monoisotopic (exact) mass is 426 g/mol. The summed E-state index contributed by atoms with van der Waals surface area (Å²) in [4.78, 5) is 28.2. The number of hydrogen-bond donors (Lipinski definition) is 2. The molecule has 3 rings (SSSR count). The highest BCUT2D eigenvalue weighted by atomic mass is 32.2. The van der Waals surface area contributed by atoms with E-state index in [1.807, 2.05) is 24.3 Å². The number of aromatic nitrogens is 3. The minimum absolute atomic E-state index is 0.166. The highest BCUT2D eigenvalue weighted by Gasteiger charge is 2.10. The van der Waals surface area contributed by atoms with E-state index in [4.69, 9.17) is 9.47 Å². The van der Waals surface area contributed by atoms with E-state index in [1.165, 1.54) is 11.8 Å². The number of anilines is 1. The van der Waals surface area contributed by atoms with Gasteiger partial charge in [0.15, 0.2) is 0 Å². The molecule has 0 saturated heterocycles. The van der Waals surface area contributed by atoms with Gasteiger partial charge in [-0.3, -0.25) is 9.89 Å². The van der Waals surface area contributed by atoms with Gasteiger partial charge in [-0.05, 0) is 48.9 Å². The Labute approximate surface area is 178 Å². The van der Waals surface area contributed by atoms with Gasteiger partial charge in [-0.15, -0.1) is 5.10 Å². The number of carbonyl (C=O) groups is 2. The summed E-state index contributed by atoms with van der Waals surface area (Å²) >= 11 is 1.24. The van der Waals surface area contributed by atoms with E-state index in [1.54, 1.807) is 38.3 Å². The normalized spacial score (nSPS) is 10.5. The van der Waals surface area contributed by atoms with Gasteiger partial charge in [-0.2, -0.15) is 0 Å². The quantitative estimate of drug-likeness (QED) is 0.399. The number of rotatable bonds is 9. The summed E-state index contributed by atoms with van der Waals surface area (Å²) in [6, 6.07) is 14.3. The molecular formula is C21H22N4O4S. The minimum Gasteiger partial charge on any atom is -0.497 e. The van der Waals surface area contributed by atoms with Crippen LogP contribution in [0.25, 0.3) is 0 Å². The van der Waals surface area contributed by atoms with E-state index in [0.717, 1.165) is 17.1 Å². The van der Waals surface area contributed by atoms with Crippen LogP contribution in [-0.2, 0) is 16.0 Å². The van der Waals surface area contributed by atoms with Crippen molar-refractivity contribution in [1.82, 2.24) is 15.2 Å². The fourth-order valence-electron chi connectivity index (χ4n) is 2.59. The number of nitrogens with zero attached hydrogens (tertiary/aromatic N) is 2. The maximum atomic E-state index is 12.2. The van der Waals surface area contributed by atoms with E-state index in [0.29, 0.717) is 29.4 Å². The minimum atomic E-state index is -0.388. The third-order valence-corrected chi connectivity index (χ3v) is 4.90. The van der Waals surface area contributed by atoms with Crippen LogP contribution in [0.1, 0.15) is 28.7 Å². The highest BCUT2D eigenvalue weighted by Crippen LogP contribution is 2.17. The molecule has 0 unspecified atom stereocenters. The van der Waals surface area contributed by atoms with Crippen LogP contribution in [0.15, 0.2) is 53.7 Å². The Kier molecular flexibility index (Phi) is 7.45. The molecule has 156 valence electrons. The standard InChI is InChI=1S/C21H22N4O4S/c1-3-29-20(27)15-6-8-16(9-7-15)22-19(26)13-30-21-23-18(24-25-21)12-14-4-10-17(28-2)11-5-14/h4-11H,3,12-13H2,1-2H3,(H,22,26)(H,23,24,25). The summed E-state index contributed by atoms with van der Waals surface area (Å²) in [5.74, 6) is 1.11. The Morgan fingerprint density at radius 3 is 2.50 bits per heavy atom. The van der Waals surface area contributed by atoms with Crippen molar-refractivity contribution in [3.05, 3.63) is 65.5 Å². The number of thioether (sulfide) groups is 1. The molecule has 0 atom stereocenters. The fraction of sp³-hybridized carbons (Fsp3) is 0.238. The number of methoxy groups -OCH3 is 1. The number of ether oxygens (including phenoxy) is 2. The van der Waals surface area contributed by atoms with Crippen LogP contribution in [0.5, 0.6) is 5.75 Å². The zero-order chi connectivity index (χ0) is 21.3. The van der Waals surface area contributed by atoms with Crippen LogP contribution in [0.4, 0.5) is 5.69 Å². The van der Waals surface area contributed by atoms with Crippen LogP contribution in [0.2, 0.25) is 0 Å². The molecule has 2 aromatic carbocycles. The lowest BCUT2D eigenvalue weighted by molar-refractivity contribution is -0.113. The number of hydrogen-bond acceptors (Lipinski definition) is 7. The zero-order valence-corrected chi connectivity index (χ0v) is 17.5. The topological polar surface area (TPSA) is 106 Å². The highest BCUT2D eigenvalue weighted by molar-refractivity contribution is 7.99. The molecule has 0 aliphatic rings. The SMILES string of the molecule is CCOC(=O)c1ccc(NC(=O)CSc2n[nH]c(Cc3ccc(OC)cc3)n2)cc1. The van der Waals surface area contributed by atoms with Gasteiger partial charge in [-0.1, -0.05) is 23.9 Å². The molecule has 8 nitrogen and oxygen atoms in total. The van der Waals surface area contributed by atoms with E-state index in [9.17, 15) is 9.59 Å². The summed E-state index contributed by atoms with van der Waals surface area (Å²) in [5.41, 5.74) is 2.12. The van der Waals surface area contributed by atoms with E-state index < -0.39 is 0 Å². The third kappa shape index (κ3) is 6.08. The lowest BCUT2D eigenvalue weighted by atomic mass is 10.1. The smallest absolute Gasteiger partial charge is 0.338 e. The molecule has 1 heterocycles. The number of benzene rings is 2. The van der Waals surface area contributed by atoms with Crippen molar-refractivity contribution < 1.29 is 19.1 Å². The second-order valence-corrected chi connectivity index (χ2v) is 7.17. The third-order valence-electron chi connectivity index (χ3n) is 4.05. The molecule has 1 amide bonds. The largest absolute Gasteiger partial charge is 0.497 e. The summed E-state index contributed by atoms with van der Waals surface area (Å²) in [5, 5.41) is 10.3. The van der Waals surface area contributed by atoms with E-state index >= 15 is 0 Å². The van der Waals surface area contributed by atoms with Gasteiger partial charge >= 0.3 is 5.97 Å². The van der Waals surface area contributed by atoms with Gasteiger partial charge < -0.3 is 14.8 Å². The van der Waals surface area contributed by atoms with E-state index in [2.05, 4.69) is 20.5 Å². The Hall–Kier alpha value is -3.33. The average Bonchev–Trinajstić information content (AvgIpc) is 3.21. The number of carbonyl (C=O) groups excluding carboxylic acids is 2. The van der Waals surface area contributed by atoms with Crippen LogP contribution in [0, 0.1) is 0 Å². The first-order chi connectivity index (χ1) is 14.6. The number of esters is 1. The first-order valence-electron chi connectivity index (χ1n) is 9.31. The number of amides is 1. The Morgan fingerprint density at radius 2 is 1.83 bits per heavy atom. The molecule has 0 aliphatic carbocycles. The molecule has 0 radical (unpaired) electrons. The molecule has 0 aliphatic heterocycles. The van der Waals surface area contributed by atoms with Gasteiger partial charge in [0.25, 0.3) is 0 Å². The van der Waals surface area contributed by atoms with Gasteiger partial charge in [0.2, 0.25) is 11.1 Å². The molecular weight excluding hydrogens is 404 g/mol. The van der Waals surface area contributed by atoms with Gasteiger partial charge in [-0.25, -0.2) is 9.78 Å². The summed E-state index contributed by atoms with van der Waals surface area (Å²) in [7, 11) is 1.63. The van der Waals surface area contributed by atoms with Gasteiger partial charge in [0.05, 0.1) is 25.0 Å². The number of nitrogens with one attached hydrogen (secondary N) is 2. The summed E-state index contributed by atoms with van der Waals surface area (Å²) in [6.07, 6.45) is 0.608. The predicted molar refractivity (Wildman–Crippen MR) is 114 cm³/mol. The predicted octanol–water partition coefficient (Wildman–Crippen LogP) is 3.31. The second-order valence-electron chi connectivity index (χ2n) is 6.22. The first-order valence-corrected chi connectivity index (χ1v) is 10.3. The van der Waals surface area contributed by atoms with Gasteiger partial charge in [0.1, 0.15) is 11.6 Å². The maximum absolute atomic E-state index is 12.2. The molecule has 1 aromatic heterocycles. The summed E-state index contributed by atoms with van der Waals surface area (Å²) < 4.78 is 10.1. The second kappa shape index (κ2) is 10.4. The Morgan fingerprint density at radius 1 is 1.10 bits per heavy atom. The van der Waals surface area contributed by atoms with Crippen molar-refractivity contribution in [2.75, 3.05) is 24.8 Å². The van der Waals surface area contributed by atoms with Crippen molar-refractivity contribution >= 4 is 29.3 Å². The molecule has 0 fully saturated rings. The van der Waals surface area contributed by atoms with Crippen LogP contribution in [-0.4, -0.2) is 46.5 Å². The number of aromatic amines is 1.